The number of alkyl halides is 2. The van der Waals surface area contributed by atoms with Gasteiger partial charge in [0.2, 0.25) is 0 Å². The van der Waals surface area contributed by atoms with Crippen molar-refractivity contribution < 1.29 is 0 Å². The van der Waals surface area contributed by atoms with E-state index in [1.165, 1.54) is 20.9 Å². The van der Waals surface area contributed by atoms with Crippen LogP contribution in [0.1, 0.15) is 20.9 Å². The summed E-state index contributed by atoms with van der Waals surface area (Å²) in [6, 6.07) is 0. The molecule has 1 aromatic heterocycles. The van der Waals surface area contributed by atoms with Gasteiger partial charge >= 0.3 is 0 Å². The minimum absolute atomic E-state index is 0.976. The number of hydrogen-bond donors (Lipinski definition) is 0. The molecule has 0 aromatic carbocycles. The first kappa shape index (κ1) is 9.75. The van der Waals surface area contributed by atoms with Crippen LogP contribution in [0.5, 0.6) is 0 Å². The largest absolute Gasteiger partial charge is 0.145 e. The second-order valence-electron chi connectivity index (χ2n) is 2.44. The van der Waals surface area contributed by atoms with Crippen LogP contribution in [0.25, 0.3) is 0 Å². The van der Waals surface area contributed by atoms with E-state index in [9.17, 15) is 0 Å². The SMILES string of the molecule is Cc1sc(C)c(CBr)c1CBr. The molecule has 0 unspecified atom stereocenters. The summed E-state index contributed by atoms with van der Waals surface area (Å²) in [5.41, 5.74) is 2.92. The van der Waals surface area contributed by atoms with E-state index in [1.807, 2.05) is 11.3 Å². The maximum atomic E-state index is 3.50. The maximum Gasteiger partial charge on any atom is 0.0297 e. The molecule has 0 atom stereocenters. The van der Waals surface area contributed by atoms with E-state index >= 15 is 0 Å². The van der Waals surface area contributed by atoms with Crippen molar-refractivity contribution in [2.24, 2.45) is 0 Å². The lowest BCUT2D eigenvalue weighted by molar-refractivity contribution is 1.28. The molecule has 0 nitrogen and oxygen atoms in total. The predicted octanol–water partition coefficient (Wildman–Crippen LogP) is 4.15. The molecule has 0 bridgehead atoms. The van der Waals surface area contributed by atoms with Crippen molar-refractivity contribution in [3.8, 4) is 0 Å². The first-order chi connectivity index (χ1) is 5.20. The third kappa shape index (κ3) is 1.87. The Bertz CT molecular complexity index is 228. The summed E-state index contributed by atoms with van der Waals surface area (Å²) in [7, 11) is 0. The third-order valence-corrected chi connectivity index (χ3v) is 4.01. The molecule has 3 heteroatoms. The molecule has 0 saturated heterocycles. The first-order valence-electron chi connectivity index (χ1n) is 3.40. The summed E-state index contributed by atoms with van der Waals surface area (Å²) in [4.78, 5) is 2.88. The average molecular weight is 298 g/mol. The first-order valence-corrected chi connectivity index (χ1v) is 6.46. The van der Waals surface area contributed by atoms with Crippen molar-refractivity contribution >= 4 is 43.2 Å². The van der Waals surface area contributed by atoms with Gasteiger partial charge in [-0.1, -0.05) is 31.9 Å². The van der Waals surface area contributed by atoms with Crippen molar-refractivity contribution in [3.05, 3.63) is 20.9 Å². The Balaban J connectivity index is 3.17. The summed E-state index contributed by atoms with van der Waals surface area (Å²) < 4.78 is 0. The van der Waals surface area contributed by atoms with Crippen molar-refractivity contribution in [3.63, 3.8) is 0 Å². The Kier molecular flexibility index (Phi) is 3.59. The highest BCUT2D eigenvalue weighted by Gasteiger charge is 2.09. The van der Waals surface area contributed by atoms with Gasteiger partial charge in [0.1, 0.15) is 0 Å². The lowest BCUT2D eigenvalue weighted by Crippen LogP contribution is -1.84. The van der Waals surface area contributed by atoms with Gasteiger partial charge in [0, 0.05) is 20.4 Å². The quantitative estimate of drug-likeness (QED) is 0.719. The molecule has 11 heavy (non-hydrogen) atoms. The lowest BCUT2D eigenvalue weighted by Gasteiger charge is -1.97. The fourth-order valence-electron chi connectivity index (χ4n) is 1.13. The molecular weight excluding hydrogens is 288 g/mol. The van der Waals surface area contributed by atoms with E-state index in [0.29, 0.717) is 0 Å². The Hall–Kier alpha value is 0.660. The van der Waals surface area contributed by atoms with E-state index in [2.05, 4.69) is 45.7 Å². The van der Waals surface area contributed by atoms with Crippen LogP contribution in [0.2, 0.25) is 0 Å². The zero-order valence-corrected chi connectivity index (χ0v) is 10.6. The van der Waals surface area contributed by atoms with Crippen LogP contribution in [-0.4, -0.2) is 0 Å². The molecule has 0 aliphatic heterocycles. The molecule has 0 spiro atoms. The van der Waals surface area contributed by atoms with Gasteiger partial charge < -0.3 is 0 Å². The summed E-state index contributed by atoms with van der Waals surface area (Å²) in [5, 5.41) is 1.95. The molecule has 1 rings (SSSR count). The molecule has 0 fully saturated rings. The molecule has 0 amide bonds. The second-order valence-corrected chi connectivity index (χ2v) is 4.99. The van der Waals surface area contributed by atoms with Crippen molar-refractivity contribution in [1.82, 2.24) is 0 Å². The van der Waals surface area contributed by atoms with Crippen LogP contribution in [0.4, 0.5) is 0 Å². The van der Waals surface area contributed by atoms with Crippen LogP contribution >= 0.6 is 43.2 Å². The molecule has 0 aliphatic rings. The van der Waals surface area contributed by atoms with Gasteiger partial charge in [-0.3, -0.25) is 0 Å². The zero-order valence-electron chi connectivity index (χ0n) is 6.58. The Morgan fingerprint density at radius 3 is 1.64 bits per heavy atom. The molecule has 0 radical (unpaired) electrons. The number of halogens is 2. The van der Waals surface area contributed by atoms with Gasteiger partial charge in [-0.2, -0.15) is 0 Å². The number of aryl methyl sites for hydroxylation is 2. The molecule has 0 N–H and O–H groups in total. The summed E-state index contributed by atoms with van der Waals surface area (Å²) in [6.45, 7) is 4.36. The van der Waals surface area contributed by atoms with E-state index in [4.69, 9.17) is 0 Å². The van der Waals surface area contributed by atoms with E-state index in [-0.39, 0.29) is 0 Å². The Labute approximate surface area is 88.3 Å². The Morgan fingerprint density at radius 2 is 1.36 bits per heavy atom. The van der Waals surface area contributed by atoms with Crippen LogP contribution in [0.15, 0.2) is 0 Å². The molecular formula is C8H10Br2S. The van der Waals surface area contributed by atoms with Crippen molar-refractivity contribution in [2.45, 2.75) is 24.5 Å². The highest BCUT2D eigenvalue weighted by molar-refractivity contribution is 9.09. The highest BCUT2D eigenvalue weighted by Crippen LogP contribution is 2.30. The van der Waals surface area contributed by atoms with Gasteiger partial charge in [0.25, 0.3) is 0 Å². The van der Waals surface area contributed by atoms with Gasteiger partial charge in [0.15, 0.2) is 0 Å². The summed E-state index contributed by atoms with van der Waals surface area (Å²) >= 11 is 8.88. The smallest absolute Gasteiger partial charge is 0.0297 e. The fourth-order valence-corrected chi connectivity index (χ4v) is 4.11. The minimum Gasteiger partial charge on any atom is -0.145 e. The van der Waals surface area contributed by atoms with E-state index in [0.717, 1.165) is 10.7 Å². The standard InChI is InChI=1S/C8H10Br2S/c1-5-7(3-9)8(4-10)6(2)11-5/h3-4H2,1-2H3. The minimum atomic E-state index is 0.976. The van der Waals surface area contributed by atoms with Gasteiger partial charge in [-0.15, -0.1) is 11.3 Å². The van der Waals surface area contributed by atoms with Crippen molar-refractivity contribution in [1.29, 1.82) is 0 Å². The second kappa shape index (κ2) is 4.06. The highest BCUT2D eigenvalue weighted by atomic mass is 79.9. The van der Waals surface area contributed by atoms with Crippen LogP contribution in [-0.2, 0) is 10.7 Å². The topological polar surface area (TPSA) is 0 Å². The van der Waals surface area contributed by atoms with Crippen LogP contribution in [0, 0.1) is 13.8 Å². The molecule has 1 heterocycles. The molecule has 0 saturated carbocycles. The van der Waals surface area contributed by atoms with Crippen LogP contribution < -0.4 is 0 Å². The summed E-state index contributed by atoms with van der Waals surface area (Å²) in [6.07, 6.45) is 0. The lowest BCUT2D eigenvalue weighted by atomic mass is 10.2. The molecule has 0 aliphatic carbocycles. The van der Waals surface area contributed by atoms with Crippen molar-refractivity contribution in [2.75, 3.05) is 0 Å². The normalized spacial score (nSPS) is 10.5. The van der Waals surface area contributed by atoms with Gasteiger partial charge in [-0.05, 0) is 25.0 Å². The van der Waals surface area contributed by atoms with Gasteiger partial charge in [-0.25, -0.2) is 0 Å². The molecule has 1 aromatic rings. The maximum absolute atomic E-state index is 3.50. The predicted molar refractivity (Wildman–Crippen MR) is 59.1 cm³/mol. The number of thiophene rings is 1. The third-order valence-electron chi connectivity index (χ3n) is 1.79. The van der Waals surface area contributed by atoms with E-state index in [1.54, 1.807) is 0 Å². The molecule has 62 valence electrons. The summed E-state index contributed by atoms with van der Waals surface area (Å²) in [5.74, 6) is 0. The zero-order chi connectivity index (χ0) is 8.43. The number of rotatable bonds is 2. The number of hydrogen-bond acceptors (Lipinski definition) is 1. The van der Waals surface area contributed by atoms with Crippen LogP contribution in [0.3, 0.4) is 0 Å². The van der Waals surface area contributed by atoms with E-state index < -0.39 is 0 Å². The Morgan fingerprint density at radius 1 is 1.00 bits per heavy atom. The monoisotopic (exact) mass is 296 g/mol. The average Bonchev–Trinajstić information content (AvgIpc) is 2.24. The van der Waals surface area contributed by atoms with Gasteiger partial charge in [0.05, 0.1) is 0 Å². The fraction of sp³-hybridized carbons (Fsp3) is 0.500.